The number of aryl methyl sites for hydroxylation is 1. The van der Waals surface area contributed by atoms with Crippen molar-refractivity contribution in [3.05, 3.63) is 64.4 Å². The van der Waals surface area contributed by atoms with Crippen molar-refractivity contribution in [2.75, 3.05) is 31.0 Å². The lowest BCUT2D eigenvalue weighted by atomic mass is 9.95. The van der Waals surface area contributed by atoms with Crippen molar-refractivity contribution >= 4 is 33.8 Å². The van der Waals surface area contributed by atoms with Gasteiger partial charge in [0.05, 0.1) is 29.6 Å². The molecule has 3 aromatic rings. The van der Waals surface area contributed by atoms with Crippen molar-refractivity contribution in [3.63, 3.8) is 0 Å². The van der Waals surface area contributed by atoms with E-state index in [0.29, 0.717) is 40.9 Å². The van der Waals surface area contributed by atoms with Crippen molar-refractivity contribution in [1.82, 2.24) is 9.97 Å². The summed E-state index contributed by atoms with van der Waals surface area (Å²) >= 11 is 1.48. The number of carbonyl (C=O) groups is 2. The Labute approximate surface area is 190 Å². The standard InChI is InChI=1S/C23H24N4O4S/c1-30-11-12-31-19-9-8-16(14-25-19)26-22(29)20-17-6-2-3-7-18(17)32-23(20)27-21(28)15-5-4-10-24-13-15/h4-5,8-10,13-14H,2-3,6-7,11-12H2,1H3,(H,26,29)(H,27,28). The van der Waals surface area contributed by atoms with Gasteiger partial charge in [-0.2, -0.15) is 0 Å². The molecule has 0 atom stereocenters. The number of anilines is 2. The minimum Gasteiger partial charge on any atom is -0.475 e. The second-order valence-electron chi connectivity index (χ2n) is 7.29. The van der Waals surface area contributed by atoms with Crippen LogP contribution in [0.25, 0.3) is 0 Å². The van der Waals surface area contributed by atoms with Crippen LogP contribution in [-0.4, -0.2) is 42.1 Å². The number of methoxy groups -OCH3 is 1. The number of fused-ring (bicyclic) bond motifs is 1. The third-order valence-corrected chi connectivity index (χ3v) is 6.29. The molecule has 166 valence electrons. The van der Waals surface area contributed by atoms with Crippen LogP contribution in [-0.2, 0) is 17.6 Å². The van der Waals surface area contributed by atoms with Crippen LogP contribution in [0.3, 0.4) is 0 Å². The minimum absolute atomic E-state index is 0.263. The largest absolute Gasteiger partial charge is 0.475 e. The Morgan fingerprint density at radius 2 is 1.94 bits per heavy atom. The fraction of sp³-hybridized carbons (Fsp3) is 0.304. The highest BCUT2D eigenvalue weighted by atomic mass is 32.1. The van der Waals surface area contributed by atoms with Gasteiger partial charge in [0.25, 0.3) is 11.8 Å². The summed E-state index contributed by atoms with van der Waals surface area (Å²) in [6.45, 7) is 0.868. The zero-order chi connectivity index (χ0) is 22.3. The van der Waals surface area contributed by atoms with E-state index in [0.717, 1.165) is 36.1 Å². The molecule has 9 heteroatoms. The van der Waals surface area contributed by atoms with Crippen LogP contribution >= 0.6 is 11.3 Å². The zero-order valence-electron chi connectivity index (χ0n) is 17.7. The van der Waals surface area contributed by atoms with Crippen molar-refractivity contribution in [2.45, 2.75) is 25.7 Å². The molecule has 3 aromatic heterocycles. The van der Waals surface area contributed by atoms with E-state index in [1.54, 1.807) is 43.8 Å². The summed E-state index contributed by atoms with van der Waals surface area (Å²) in [5.41, 5.74) is 2.54. The Balaban J connectivity index is 1.53. The molecule has 0 saturated carbocycles. The molecule has 0 bridgehead atoms. The van der Waals surface area contributed by atoms with Gasteiger partial charge >= 0.3 is 0 Å². The maximum atomic E-state index is 13.2. The van der Waals surface area contributed by atoms with Crippen molar-refractivity contribution in [3.8, 4) is 5.88 Å². The first-order valence-corrected chi connectivity index (χ1v) is 11.2. The Morgan fingerprint density at radius 3 is 2.69 bits per heavy atom. The average Bonchev–Trinajstić information content (AvgIpc) is 3.19. The first kappa shape index (κ1) is 21.9. The molecule has 2 N–H and O–H groups in total. The fourth-order valence-corrected chi connectivity index (χ4v) is 4.81. The van der Waals surface area contributed by atoms with E-state index in [2.05, 4.69) is 20.6 Å². The van der Waals surface area contributed by atoms with E-state index < -0.39 is 0 Å². The molecule has 0 radical (unpaired) electrons. The van der Waals surface area contributed by atoms with Crippen LogP contribution in [0.5, 0.6) is 5.88 Å². The molecule has 0 saturated heterocycles. The van der Waals surface area contributed by atoms with E-state index in [4.69, 9.17) is 9.47 Å². The van der Waals surface area contributed by atoms with Crippen LogP contribution < -0.4 is 15.4 Å². The molecule has 2 amide bonds. The van der Waals surface area contributed by atoms with Crippen molar-refractivity contribution in [1.29, 1.82) is 0 Å². The van der Waals surface area contributed by atoms with Gasteiger partial charge in [0.2, 0.25) is 5.88 Å². The lowest BCUT2D eigenvalue weighted by Gasteiger charge is -2.13. The second kappa shape index (κ2) is 10.3. The molecule has 8 nitrogen and oxygen atoms in total. The quantitative estimate of drug-likeness (QED) is 0.502. The number of aromatic nitrogens is 2. The Hall–Kier alpha value is -3.30. The molecular formula is C23H24N4O4S. The van der Waals surface area contributed by atoms with Crippen LogP contribution in [0.15, 0.2) is 42.9 Å². The first-order valence-electron chi connectivity index (χ1n) is 10.4. The maximum absolute atomic E-state index is 13.2. The zero-order valence-corrected chi connectivity index (χ0v) is 18.5. The number of hydrogen-bond donors (Lipinski definition) is 2. The van der Waals surface area contributed by atoms with Crippen LogP contribution in [0, 0.1) is 0 Å². The van der Waals surface area contributed by atoms with Crippen molar-refractivity contribution in [2.24, 2.45) is 0 Å². The number of nitrogens with one attached hydrogen (secondary N) is 2. The fourth-order valence-electron chi connectivity index (χ4n) is 3.53. The van der Waals surface area contributed by atoms with E-state index in [1.807, 2.05) is 0 Å². The highest BCUT2D eigenvalue weighted by Gasteiger charge is 2.26. The summed E-state index contributed by atoms with van der Waals surface area (Å²) in [6.07, 6.45) is 8.51. The van der Waals surface area contributed by atoms with Gasteiger partial charge in [-0.3, -0.25) is 14.6 Å². The van der Waals surface area contributed by atoms with E-state index >= 15 is 0 Å². The number of thiophene rings is 1. The summed E-state index contributed by atoms with van der Waals surface area (Å²) in [6, 6.07) is 6.83. The molecule has 1 aliphatic carbocycles. The monoisotopic (exact) mass is 452 g/mol. The normalized spacial score (nSPS) is 12.7. The second-order valence-corrected chi connectivity index (χ2v) is 8.40. The molecule has 0 fully saturated rings. The van der Waals surface area contributed by atoms with Gasteiger partial charge < -0.3 is 20.1 Å². The molecule has 0 unspecified atom stereocenters. The topological polar surface area (TPSA) is 102 Å². The van der Waals surface area contributed by atoms with Gasteiger partial charge in [0.15, 0.2) is 0 Å². The number of hydrogen-bond acceptors (Lipinski definition) is 7. The highest BCUT2D eigenvalue weighted by Crippen LogP contribution is 2.38. The van der Waals surface area contributed by atoms with Gasteiger partial charge in [-0.05, 0) is 49.4 Å². The number of carbonyl (C=O) groups excluding carboxylic acids is 2. The highest BCUT2D eigenvalue weighted by molar-refractivity contribution is 7.17. The van der Waals surface area contributed by atoms with E-state index in [9.17, 15) is 9.59 Å². The summed E-state index contributed by atoms with van der Waals surface area (Å²) in [4.78, 5) is 35.3. The molecule has 0 aliphatic heterocycles. The number of nitrogens with zero attached hydrogens (tertiary/aromatic N) is 2. The van der Waals surface area contributed by atoms with Gasteiger partial charge in [-0.25, -0.2) is 4.98 Å². The SMILES string of the molecule is COCCOc1ccc(NC(=O)c2c(NC(=O)c3cccnc3)sc3c2CCCC3)cn1. The number of pyridine rings is 2. The van der Waals surface area contributed by atoms with Gasteiger partial charge in [0, 0.05) is 30.4 Å². The third kappa shape index (κ3) is 5.12. The smallest absolute Gasteiger partial charge is 0.259 e. The average molecular weight is 453 g/mol. The molecule has 32 heavy (non-hydrogen) atoms. The number of amides is 2. The van der Waals surface area contributed by atoms with Crippen LogP contribution in [0.4, 0.5) is 10.7 Å². The van der Waals surface area contributed by atoms with E-state index in [-0.39, 0.29) is 11.8 Å². The van der Waals surface area contributed by atoms with Gasteiger partial charge in [-0.1, -0.05) is 0 Å². The molecule has 0 aromatic carbocycles. The lowest BCUT2D eigenvalue weighted by Crippen LogP contribution is -2.18. The molecular weight excluding hydrogens is 428 g/mol. The van der Waals surface area contributed by atoms with Gasteiger partial charge in [-0.15, -0.1) is 11.3 Å². The predicted molar refractivity (Wildman–Crippen MR) is 123 cm³/mol. The van der Waals surface area contributed by atoms with Crippen LogP contribution in [0.1, 0.15) is 44.0 Å². The Kier molecular flexibility index (Phi) is 7.08. The molecule has 0 spiro atoms. The molecule has 3 heterocycles. The van der Waals surface area contributed by atoms with Crippen molar-refractivity contribution < 1.29 is 19.1 Å². The van der Waals surface area contributed by atoms with E-state index in [1.165, 1.54) is 17.5 Å². The summed E-state index contributed by atoms with van der Waals surface area (Å²) in [5.74, 6) is -0.0944. The predicted octanol–water partition coefficient (Wildman–Crippen LogP) is 3.95. The number of rotatable bonds is 8. The van der Waals surface area contributed by atoms with Crippen LogP contribution in [0.2, 0.25) is 0 Å². The summed E-state index contributed by atoms with van der Waals surface area (Å²) in [7, 11) is 1.60. The van der Waals surface area contributed by atoms with Gasteiger partial charge in [0.1, 0.15) is 11.6 Å². The summed E-state index contributed by atoms with van der Waals surface area (Å²) in [5, 5.41) is 6.39. The summed E-state index contributed by atoms with van der Waals surface area (Å²) < 4.78 is 10.4. The Bertz CT molecular complexity index is 1080. The third-order valence-electron chi connectivity index (χ3n) is 5.08. The maximum Gasteiger partial charge on any atom is 0.259 e. The minimum atomic E-state index is -0.287. The Morgan fingerprint density at radius 1 is 1.06 bits per heavy atom. The lowest BCUT2D eigenvalue weighted by molar-refractivity contribution is 0.102. The number of ether oxygens (including phenoxy) is 2. The first-order chi connectivity index (χ1) is 15.7. The molecule has 1 aliphatic rings. The molecule has 4 rings (SSSR count).